The Morgan fingerprint density at radius 2 is 1.67 bits per heavy atom. The first-order chi connectivity index (χ1) is 15.3. The van der Waals surface area contributed by atoms with Crippen LogP contribution in [-0.4, -0.2) is 0 Å². The maximum absolute atomic E-state index is 8.62. The van der Waals surface area contributed by atoms with Crippen molar-refractivity contribution >= 4 is 10.8 Å². The molecule has 1 nitrogen and oxygen atoms in total. The third kappa shape index (κ3) is 3.13. The number of nitrogens with zero attached hydrogens (tertiary/aromatic N) is 1. The molecular weight excluding hydrogens is 362 g/mol. The van der Waals surface area contributed by atoms with Gasteiger partial charge in [0.25, 0.3) is 0 Å². The van der Waals surface area contributed by atoms with Crippen LogP contribution >= 0.6 is 0 Å². The zero-order chi connectivity index (χ0) is 22.6. The summed E-state index contributed by atoms with van der Waals surface area (Å²) in [7, 11) is 2.06. The van der Waals surface area contributed by atoms with Gasteiger partial charge in [-0.15, -0.1) is 0 Å². The van der Waals surface area contributed by atoms with Gasteiger partial charge in [-0.05, 0) is 76.2 Å². The van der Waals surface area contributed by atoms with Gasteiger partial charge in [-0.3, -0.25) is 0 Å². The molecule has 1 heterocycles. The molecule has 0 bridgehead atoms. The molecule has 0 unspecified atom stereocenters. The van der Waals surface area contributed by atoms with Crippen LogP contribution in [0, 0.1) is 12.8 Å². The molecule has 0 saturated heterocycles. The molecule has 1 aliphatic carbocycles. The molecule has 0 amide bonds. The fraction of sp³-hybridized carbons (Fsp3) is 0.276. The Bertz CT molecular complexity index is 1350. The van der Waals surface area contributed by atoms with Crippen molar-refractivity contribution in [2.24, 2.45) is 13.0 Å². The van der Waals surface area contributed by atoms with Crippen LogP contribution in [0.5, 0.6) is 0 Å². The number of aromatic nitrogens is 1. The topological polar surface area (TPSA) is 3.88 Å². The maximum Gasteiger partial charge on any atom is 0.213 e. The zero-order valence-electron chi connectivity index (χ0n) is 20.3. The minimum atomic E-state index is -1.36. The normalized spacial score (nSPS) is 14.3. The molecule has 1 aliphatic rings. The summed E-state index contributed by atoms with van der Waals surface area (Å²) >= 11 is 0. The number of benzene rings is 3. The van der Waals surface area contributed by atoms with Crippen LogP contribution in [0.1, 0.15) is 38.8 Å². The number of hydrogen-bond donors (Lipinski definition) is 0. The highest BCUT2D eigenvalue weighted by atomic mass is 14.9. The first-order valence-electron chi connectivity index (χ1n) is 11.9. The molecular formula is C29H30N+. The second kappa shape index (κ2) is 7.40. The highest BCUT2D eigenvalue weighted by Crippen LogP contribution is 2.42. The van der Waals surface area contributed by atoms with E-state index in [9.17, 15) is 0 Å². The Kier molecular flexibility index (Phi) is 4.15. The number of pyridine rings is 1. The lowest BCUT2D eigenvalue weighted by molar-refractivity contribution is -0.660. The van der Waals surface area contributed by atoms with Crippen LogP contribution < -0.4 is 4.57 Å². The van der Waals surface area contributed by atoms with E-state index in [2.05, 4.69) is 73.1 Å². The fourth-order valence-corrected chi connectivity index (χ4v) is 4.98. The Balaban J connectivity index is 1.74. The lowest BCUT2D eigenvalue weighted by Crippen LogP contribution is -2.31. The first-order valence-corrected chi connectivity index (χ1v) is 10.9. The monoisotopic (exact) mass is 394 g/mol. The zero-order valence-corrected chi connectivity index (χ0v) is 18.3. The summed E-state index contributed by atoms with van der Waals surface area (Å²) in [5.74, 6) is -0.0889. The minimum absolute atomic E-state index is 0.0889. The predicted molar refractivity (Wildman–Crippen MR) is 127 cm³/mol. The number of fused-ring (bicyclic) bond motifs is 5. The number of aryl methyl sites for hydroxylation is 3. The molecule has 0 aliphatic heterocycles. The standard InChI is InChI=1S/C29H30N/c1-19(2)17-21-15-16-30(4)28(18-21)29-20(3)9-11-26-25-12-10-22-7-5-6-8-23(22)24(25)13-14-27(26)29/h5-12,15-16,18-19H,13-14,17H2,1-4H3/q+1/i17D2. The molecule has 0 spiro atoms. The van der Waals surface area contributed by atoms with Gasteiger partial charge in [0.15, 0.2) is 6.20 Å². The van der Waals surface area contributed by atoms with E-state index in [0.717, 1.165) is 24.1 Å². The molecule has 1 aromatic heterocycles. The minimum Gasteiger partial charge on any atom is -0.201 e. The summed E-state index contributed by atoms with van der Waals surface area (Å²) in [6.45, 7) is 6.07. The SMILES string of the molecule is [2H]C([2H])(c1cc[n+](C)c(-c2c(C)ccc3c2CCc2c-3ccc3ccccc23)c1)C(C)C. The first kappa shape index (κ1) is 16.8. The lowest BCUT2D eigenvalue weighted by Gasteiger charge is -2.24. The molecule has 0 fully saturated rings. The second-order valence-electron chi connectivity index (χ2n) is 8.81. The summed E-state index contributed by atoms with van der Waals surface area (Å²) in [5.41, 5.74) is 9.81. The number of rotatable bonds is 3. The van der Waals surface area contributed by atoms with Gasteiger partial charge in [-0.1, -0.05) is 62.4 Å². The summed E-state index contributed by atoms with van der Waals surface area (Å²) in [6.07, 6.45) is 2.66. The fourth-order valence-electron chi connectivity index (χ4n) is 4.98. The highest BCUT2D eigenvalue weighted by Gasteiger charge is 2.25. The molecule has 0 saturated carbocycles. The quantitative estimate of drug-likeness (QED) is 0.345. The maximum atomic E-state index is 8.62. The van der Waals surface area contributed by atoms with Gasteiger partial charge in [-0.2, -0.15) is 0 Å². The molecule has 0 radical (unpaired) electrons. The van der Waals surface area contributed by atoms with E-state index in [1.54, 1.807) is 0 Å². The predicted octanol–water partition coefficient (Wildman–Crippen LogP) is 6.60. The summed E-state index contributed by atoms with van der Waals surface area (Å²) in [4.78, 5) is 0. The molecule has 0 atom stereocenters. The van der Waals surface area contributed by atoms with Gasteiger partial charge in [-0.25, -0.2) is 4.57 Å². The van der Waals surface area contributed by atoms with Crippen LogP contribution in [0.4, 0.5) is 0 Å². The van der Waals surface area contributed by atoms with Crippen molar-refractivity contribution in [3.63, 3.8) is 0 Å². The van der Waals surface area contributed by atoms with Crippen LogP contribution in [0.25, 0.3) is 33.2 Å². The Morgan fingerprint density at radius 1 is 0.933 bits per heavy atom. The van der Waals surface area contributed by atoms with E-state index in [1.807, 2.05) is 26.1 Å². The molecule has 150 valence electrons. The third-order valence-corrected chi connectivity index (χ3v) is 6.34. The van der Waals surface area contributed by atoms with E-state index in [-0.39, 0.29) is 5.92 Å². The van der Waals surface area contributed by atoms with E-state index in [0.29, 0.717) is 0 Å². The number of hydrogen-bond acceptors (Lipinski definition) is 0. The second-order valence-corrected chi connectivity index (χ2v) is 8.81. The molecule has 4 aromatic rings. The van der Waals surface area contributed by atoms with Gasteiger partial charge in [0.1, 0.15) is 7.05 Å². The molecule has 3 aromatic carbocycles. The third-order valence-electron chi connectivity index (χ3n) is 6.34. The van der Waals surface area contributed by atoms with Crippen LogP contribution in [0.15, 0.2) is 66.9 Å². The largest absolute Gasteiger partial charge is 0.213 e. The van der Waals surface area contributed by atoms with Crippen molar-refractivity contribution in [1.29, 1.82) is 0 Å². The van der Waals surface area contributed by atoms with E-state index in [4.69, 9.17) is 2.74 Å². The molecule has 30 heavy (non-hydrogen) atoms. The van der Waals surface area contributed by atoms with Gasteiger partial charge >= 0.3 is 0 Å². The summed E-state index contributed by atoms with van der Waals surface area (Å²) < 4.78 is 19.4. The van der Waals surface area contributed by atoms with E-state index >= 15 is 0 Å². The lowest BCUT2D eigenvalue weighted by atomic mass is 9.79. The van der Waals surface area contributed by atoms with E-state index < -0.39 is 6.37 Å². The molecule has 1 heteroatoms. The molecule has 0 N–H and O–H groups in total. The van der Waals surface area contributed by atoms with Crippen LogP contribution in [0.3, 0.4) is 0 Å². The van der Waals surface area contributed by atoms with Gasteiger partial charge < -0.3 is 0 Å². The van der Waals surface area contributed by atoms with Gasteiger partial charge in [0.05, 0.1) is 5.56 Å². The average molecular weight is 395 g/mol. The van der Waals surface area contributed by atoms with E-state index in [1.165, 1.54) is 44.2 Å². The smallest absolute Gasteiger partial charge is 0.201 e. The summed E-state index contributed by atoms with van der Waals surface area (Å²) in [5, 5.41) is 2.66. The van der Waals surface area contributed by atoms with Gasteiger partial charge in [0.2, 0.25) is 5.69 Å². The van der Waals surface area contributed by atoms with Crippen molar-refractivity contribution in [2.45, 2.75) is 40.0 Å². The molecule has 5 rings (SSSR count). The Hall–Kier alpha value is -2.93. The van der Waals surface area contributed by atoms with Crippen molar-refractivity contribution in [2.75, 3.05) is 0 Å². The van der Waals surface area contributed by atoms with Crippen molar-refractivity contribution in [3.05, 3.63) is 89.1 Å². The average Bonchev–Trinajstić information content (AvgIpc) is 2.78. The van der Waals surface area contributed by atoms with Crippen molar-refractivity contribution in [1.82, 2.24) is 0 Å². The van der Waals surface area contributed by atoms with Gasteiger partial charge in [0, 0.05) is 14.9 Å². The Labute approximate surface area is 182 Å². The Morgan fingerprint density at radius 3 is 2.50 bits per heavy atom. The summed E-state index contributed by atoms with van der Waals surface area (Å²) in [6, 6.07) is 21.7. The highest BCUT2D eigenvalue weighted by molar-refractivity contribution is 5.94. The van der Waals surface area contributed by atoms with Crippen LogP contribution in [0.2, 0.25) is 0 Å². The van der Waals surface area contributed by atoms with Crippen LogP contribution in [-0.2, 0) is 26.3 Å². The van der Waals surface area contributed by atoms with Crippen molar-refractivity contribution < 1.29 is 7.31 Å². The van der Waals surface area contributed by atoms with Crippen molar-refractivity contribution in [3.8, 4) is 22.4 Å².